The summed E-state index contributed by atoms with van der Waals surface area (Å²) in [6.07, 6.45) is 0.0384. The molecule has 7 nitrogen and oxygen atoms in total. The van der Waals surface area contributed by atoms with Gasteiger partial charge in [-0.3, -0.25) is 19.2 Å². The Labute approximate surface area is 164 Å². The highest BCUT2D eigenvalue weighted by molar-refractivity contribution is 7.18. The Morgan fingerprint density at radius 3 is 2.41 bits per heavy atom. The molecule has 0 spiro atoms. The summed E-state index contributed by atoms with van der Waals surface area (Å²) in [5.41, 5.74) is 5.61. The van der Waals surface area contributed by atoms with Gasteiger partial charge in [-0.05, 0) is 24.3 Å². The number of benzene rings is 1. The van der Waals surface area contributed by atoms with Crippen molar-refractivity contribution in [1.29, 1.82) is 0 Å². The number of nitrogens with one attached hydrogen (secondary N) is 2. The molecule has 2 rings (SSSR count). The summed E-state index contributed by atoms with van der Waals surface area (Å²) >= 11 is 6.96. The summed E-state index contributed by atoms with van der Waals surface area (Å²) < 4.78 is 0.513. The third-order valence-electron chi connectivity index (χ3n) is 3.53. The molecule has 0 aliphatic carbocycles. The summed E-state index contributed by atoms with van der Waals surface area (Å²) in [7, 11) is 0. The van der Waals surface area contributed by atoms with Crippen LogP contribution in [0.25, 0.3) is 0 Å². The first kappa shape index (κ1) is 20.6. The van der Waals surface area contributed by atoms with Crippen molar-refractivity contribution in [3.8, 4) is 0 Å². The van der Waals surface area contributed by atoms with Crippen molar-refractivity contribution >= 4 is 52.1 Å². The third-order valence-corrected chi connectivity index (χ3v) is 4.80. The fourth-order valence-corrected chi connectivity index (χ4v) is 3.22. The highest BCUT2D eigenvalue weighted by atomic mass is 35.5. The smallest absolute Gasteiger partial charge is 0.253 e. The molecule has 4 N–H and O–H groups in total. The number of rotatable bonds is 9. The van der Waals surface area contributed by atoms with Gasteiger partial charge in [0, 0.05) is 25.8 Å². The Kier molecular flexibility index (Phi) is 7.51. The highest BCUT2D eigenvalue weighted by Crippen LogP contribution is 2.23. The first-order chi connectivity index (χ1) is 12.9. The Morgan fingerprint density at radius 2 is 1.74 bits per heavy atom. The van der Waals surface area contributed by atoms with E-state index < -0.39 is 11.8 Å². The van der Waals surface area contributed by atoms with Crippen LogP contribution in [0.5, 0.6) is 0 Å². The van der Waals surface area contributed by atoms with E-state index in [1.807, 2.05) is 0 Å². The number of halogens is 1. The molecule has 0 unspecified atom stereocenters. The lowest BCUT2D eigenvalue weighted by Crippen LogP contribution is -2.28. The number of carbonyl (C=O) groups excluding carboxylic acids is 4. The second-order valence-electron chi connectivity index (χ2n) is 5.59. The van der Waals surface area contributed by atoms with Crippen molar-refractivity contribution in [2.45, 2.75) is 19.3 Å². The largest absolute Gasteiger partial charge is 0.370 e. The van der Waals surface area contributed by atoms with E-state index in [9.17, 15) is 19.2 Å². The van der Waals surface area contributed by atoms with Crippen LogP contribution in [-0.2, 0) is 9.59 Å². The Hall–Kier alpha value is -2.71. The number of anilines is 1. The van der Waals surface area contributed by atoms with Gasteiger partial charge in [-0.15, -0.1) is 11.3 Å². The van der Waals surface area contributed by atoms with Crippen molar-refractivity contribution < 1.29 is 19.2 Å². The molecule has 0 aliphatic rings. The van der Waals surface area contributed by atoms with E-state index in [0.717, 1.165) is 0 Å². The van der Waals surface area contributed by atoms with Crippen LogP contribution in [-0.4, -0.2) is 30.0 Å². The van der Waals surface area contributed by atoms with Gasteiger partial charge >= 0.3 is 0 Å². The van der Waals surface area contributed by atoms with E-state index >= 15 is 0 Å². The van der Waals surface area contributed by atoms with Crippen LogP contribution in [0.15, 0.2) is 36.4 Å². The zero-order valence-electron chi connectivity index (χ0n) is 14.3. The molecular weight excluding hydrogens is 390 g/mol. The lowest BCUT2D eigenvalue weighted by Gasteiger charge is -2.11. The number of hydrogen-bond acceptors (Lipinski definition) is 5. The molecule has 1 aromatic carbocycles. The average Bonchev–Trinajstić information content (AvgIpc) is 3.06. The van der Waals surface area contributed by atoms with Crippen LogP contribution in [0.3, 0.4) is 0 Å². The monoisotopic (exact) mass is 407 g/mol. The predicted molar refractivity (Wildman–Crippen MR) is 104 cm³/mol. The number of para-hydroxylation sites is 1. The second kappa shape index (κ2) is 9.84. The number of carbonyl (C=O) groups is 4. The molecule has 3 amide bonds. The molecule has 2 aromatic rings. The fourth-order valence-electron chi connectivity index (χ4n) is 2.21. The summed E-state index contributed by atoms with van der Waals surface area (Å²) in [4.78, 5) is 47.6. The van der Waals surface area contributed by atoms with Crippen LogP contribution in [0.2, 0.25) is 4.34 Å². The van der Waals surface area contributed by atoms with Crippen LogP contribution in [0.1, 0.15) is 39.3 Å². The second-order valence-corrected chi connectivity index (χ2v) is 7.31. The summed E-state index contributed by atoms with van der Waals surface area (Å²) in [5, 5.41) is 5.20. The van der Waals surface area contributed by atoms with Gasteiger partial charge in [0.1, 0.15) is 0 Å². The molecule has 142 valence electrons. The molecule has 27 heavy (non-hydrogen) atoms. The van der Waals surface area contributed by atoms with Crippen molar-refractivity contribution in [2.24, 2.45) is 5.73 Å². The van der Waals surface area contributed by atoms with Crippen molar-refractivity contribution in [1.82, 2.24) is 5.32 Å². The normalized spacial score (nSPS) is 10.3. The first-order valence-corrected chi connectivity index (χ1v) is 9.30. The summed E-state index contributed by atoms with van der Waals surface area (Å²) in [6.45, 7) is 0.105. The molecule has 0 aliphatic heterocycles. The van der Waals surface area contributed by atoms with Gasteiger partial charge in [-0.2, -0.15) is 0 Å². The Bertz CT molecular complexity index is 866. The number of primary amides is 1. The van der Waals surface area contributed by atoms with Gasteiger partial charge in [0.05, 0.1) is 20.5 Å². The van der Waals surface area contributed by atoms with Crippen molar-refractivity contribution in [2.75, 3.05) is 11.9 Å². The summed E-state index contributed by atoms with van der Waals surface area (Å²) in [6, 6.07) is 9.72. The number of ketones is 1. The van der Waals surface area contributed by atoms with Crippen molar-refractivity contribution in [3.63, 3.8) is 0 Å². The maximum absolute atomic E-state index is 12.2. The topological polar surface area (TPSA) is 118 Å². The Morgan fingerprint density at radius 1 is 1.00 bits per heavy atom. The molecule has 0 saturated heterocycles. The molecule has 1 heterocycles. The number of amides is 3. The lowest BCUT2D eigenvalue weighted by atomic mass is 10.1. The SMILES string of the molecule is NC(=O)CCNC(=O)c1ccccc1NC(=O)CCC(=O)c1ccc(Cl)s1. The van der Waals surface area contributed by atoms with Gasteiger partial charge in [0.2, 0.25) is 11.8 Å². The molecular formula is C18H18ClN3O4S. The lowest BCUT2D eigenvalue weighted by molar-refractivity contribution is -0.118. The number of thiophene rings is 1. The molecule has 1 aromatic heterocycles. The zero-order chi connectivity index (χ0) is 19.8. The summed E-state index contributed by atoms with van der Waals surface area (Å²) in [5.74, 6) is -1.51. The molecule has 0 atom stereocenters. The van der Waals surface area contributed by atoms with Crippen LogP contribution in [0.4, 0.5) is 5.69 Å². The maximum atomic E-state index is 12.2. The number of nitrogens with two attached hydrogens (primary N) is 1. The highest BCUT2D eigenvalue weighted by Gasteiger charge is 2.15. The average molecular weight is 408 g/mol. The standard InChI is InChI=1S/C18H18ClN3O4S/c19-15-7-6-14(27-15)13(23)5-8-17(25)22-12-4-2-1-3-11(12)18(26)21-10-9-16(20)24/h1-4,6-7H,5,8-10H2,(H2,20,24)(H,21,26)(H,22,25). The maximum Gasteiger partial charge on any atom is 0.253 e. The molecule has 0 fully saturated rings. The van der Waals surface area contributed by atoms with Crippen LogP contribution < -0.4 is 16.4 Å². The van der Waals surface area contributed by atoms with Gasteiger partial charge in [0.15, 0.2) is 5.78 Å². The quantitative estimate of drug-likeness (QED) is 0.553. The minimum atomic E-state index is -0.520. The predicted octanol–water partition coefficient (Wildman–Crippen LogP) is 2.61. The van der Waals surface area contributed by atoms with E-state index in [4.69, 9.17) is 17.3 Å². The van der Waals surface area contributed by atoms with Gasteiger partial charge < -0.3 is 16.4 Å². The Balaban J connectivity index is 1.92. The minimum Gasteiger partial charge on any atom is -0.370 e. The van der Waals surface area contributed by atoms with Gasteiger partial charge in [-0.1, -0.05) is 23.7 Å². The number of Topliss-reactive ketones (excluding diaryl/α,β-unsaturated/α-hetero) is 1. The first-order valence-electron chi connectivity index (χ1n) is 8.10. The van der Waals surface area contributed by atoms with E-state index in [2.05, 4.69) is 10.6 Å². The number of hydrogen-bond donors (Lipinski definition) is 3. The zero-order valence-corrected chi connectivity index (χ0v) is 15.9. The van der Waals surface area contributed by atoms with E-state index in [0.29, 0.717) is 14.9 Å². The molecule has 9 heteroatoms. The van der Waals surface area contributed by atoms with Crippen LogP contribution in [0, 0.1) is 0 Å². The van der Waals surface area contributed by atoms with Crippen LogP contribution >= 0.6 is 22.9 Å². The van der Waals surface area contributed by atoms with Gasteiger partial charge in [-0.25, -0.2) is 0 Å². The molecule has 0 bridgehead atoms. The third kappa shape index (κ3) is 6.50. The minimum absolute atomic E-state index is 0.0218. The van der Waals surface area contributed by atoms with Crippen molar-refractivity contribution in [3.05, 3.63) is 51.2 Å². The van der Waals surface area contributed by atoms with E-state index in [1.54, 1.807) is 36.4 Å². The van der Waals surface area contributed by atoms with Gasteiger partial charge in [0.25, 0.3) is 5.91 Å². The molecule has 0 saturated carbocycles. The fraction of sp³-hybridized carbons (Fsp3) is 0.222. The van der Waals surface area contributed by atoms with E-state index in [-0.39, 0.29) is 43.1 Å². The van der Waals surface area contributed by atoms with E-state index in [1.165, 1.54) is 11.3 Å². The molecule has 0 radical (unpaired) electrons.